The third-order valence-electron chi connectivity index (χ3n) is 3.38. The summed E-state index contributed by atoms with van der Waals surface area (Å²) in [4.78, 5) is 14.4. The zero-order valence-corrected chi connectivity index (χ0v) is 10.6. The van der Waals surface area contributed by atoms with E-state index in [-0.39, 0.29) is 10.7 Å². The van der Waals surface area contributed by atoms with Gasteiger partial charge in [0.15, 0.2) is 0 Å². The molecule has 1 saturated heterocycles. The molecule has 0 N–H and O–H groups in total. The van der Waals surface area contributed by atoms with E-state index in [4.69, 9.17) is 5.26 Å². The Morgan fingerprint density at radius 1 is 1.62 bits per heavy atom. The maximum atomic E-state index is 12.5. The van der Waals surface area contributed by atoms with E-state index in [1.807, 2.05) is 4.90 Å². The molecule has 0 spiro atoms. The predicted molar refractivity (Wildman–Crippen MR) is 65.1 cm³/mol. The van der Waals surface area contributed by atoms with Crippen molar-refractivity contribution in [2.24, 2.45) is 0 Å². The summed E-state index contributed by atoms with van der Waals surface area (Å²) in [6.07, 6.45) is 4.84. The average molecular weight is 238 g/mol. The number of rotatable bonds is 4. The molecule has 2 rings (SSSR count). The Kier molecular flexibility index (Phi) is 3.44. The zero-order chi connectivity index (χ0) is 11.6. The van der Waals surface area contributed by atoms with Crippen molar-refractivity contribution in [2.45, 2.75) is 49.8 Å². The Morgan fingerprint density at radius 3 is 2.88 bits per heavy atom. The van der Waals surface area contributed by atoms with Crippen LogP contribution in [-0.4, -0.2) is 33.9 Å². The number of nitrogens with zero attached hydrogens (tertiary/aromatic N) is 2. The van der Waals surface area contributed by atoms with E-state index in [2.05, 4.69) is 13.0 Å². The Morgan fingerprint density at radius 2 is 2.38 bits per heavy atom. The highest BCUT2D eigenvalue weighted by Crippen LogP contribution is 2.41. The number of nitriles is 1. The molecule has 0 aromatic heterocycles. The molecule has 2 fully saturated rings. The molecule has 2 aliphatic rings. The van der Waals surface area contributed by atoms with Crippen LogP contribution in [0.2, 0.25) is 0 Å². The van der Waals surface area contributed by atoms with Crippen molar-refractivity contribution in [1.82, 2.24) is 4.90 Å². The van der Waals surface area contributed by atoms with Gasteiger partial charge in [-0.05, 0) is 38.4 Å². The second-order valence-corrected chi connectivity index (χ2v) is 6.42. The Bertz CT molecular complexity index is 313. The molecule has 3 nitrogen and oxygen atoms in total. The fraction of sp³-hybridized carbons (Fsp3) is 0.833. The number of carbonyl (C=O) groups is 1. The molecule has 1 atom stereocenters. The maximum Gasteiger partial charge on any atom is 0.238 e. The minimum absolute atomic E-state index is 0.210. The van der Waals surface area contributed by atoms with E-state index in [0.29, 0.717) is 19.0 Å². The lowest BCUT2D eigenvalue weighted by molar-refractivity contribution is -0.134. The Hall–Kier alpha value is -0.690. The summed E-state index contributed by atoms with van der Waals surface area (Å²) in [6, 6.07) is 2.57. The van der Waals surface area contributed by atoms with Crippen LogP contribution in [0.25, 0.3) is 0 Å². The lowest BCUT2D eigenvalue weighted by Crippen LogP contribution is -2.45. The van der Waals surface area contributed by atoms with Gasteiger partial charge in [-0.15, -0.1) is 11.8 Å². The van der Waals surface area contributed by atoms with Crippen molar-refractivity contribution in [3.05, 3.63) is 0 Å². The zero-order valence-electron chi connectivity index (χ0n) is 9.74. The molecule has 0 bridgehead atoms. The first-order valence-electron chi connectivity index (χ1n) is 5.99. The van der Waals surface area contributed by atoms with Gasteiger partial charge in [0.2, 0.25) is 5.91 Å². The highest BCUT2D eigenvalue weighted by molar-refractivity contribution is 8.01. The van der Waals surface area contributed by atoms with Gasteiger partial charge in [-0.2, -0.15) is 5.26 Å². The van der Waals surface area contributed by atoms with Gasteiger partial charge >= 0.3 is 0 Å². The molecule has 0 radical (unpaired) electrons. The van der Waals surface area contributed by atoms with Crippen molar-refractivity contribution >= 4 is 17.7 Å². The number of carbonyl (C=O) groups excluding carboxylic acids is 1. The summed E-state index contributed by atoms with van der Waals surface area (Å²) in [5.41, 5.74) is 0. The predicted octanol–water partition coefficient (Wildman–Crippen LogP) is 2.18. The average Bonchev–Trinajstić information content (AvgIpc) is 3.01. The molecule has 0 aromatic carbocycles. The number of amides is 1. The molecule has 1 unspecified atom stereocenters. The highest BCUT2D eigenvalue weighted by Gasteiger charge is 2.43. The molecule has 4 heteroatoms. The normalized spacial score (nSPS) is 28.8. The smallest absolute Gasteiger partial charge is 0.238 e. The van der Waals surface area contributed by atoms with Crippen LogP contribution in [0.4, 0.5) is 0 Å². The van der Waals surface area contributed by atoms with Crippen molar-refractivity contribution in [3.63, 3.8) is 0 Å². The standard InChI is InChI=1S/C12H18N2OS/c1-12(6-2-9-16-12)11(15)14(8-3-7-13)10-4-5-10/h10H,2-6,8-9H2,1H3. The van der Waals surface area contributed by atoms with Crippen molar-refractivity contribution in [3.8, 4) is 6.07 Å². The topological polar surface area (TPSA) is 44.1 Å². The quantitative estimate of drug-likeness (QED) is 0.754. The first-order valence-corrected chi connectivity index (χ1v) is 6.98. The van der Waals surface area contributed by atoms with E-state index >= 15 is 0 Å². The lowest BCUT2D eigenvalue weighted by atomic mass is 10.0. The molecular formula is C12H18N2OS. The number of hydrogen-bond acceptors (Lipinski definition) is 3. The summed E-state index contributed by atoms with van der Waals surface area (Å²) in [6.45, 7) is 2.69. The van der Waals surface area contributed by atoms with Crippen LogP contribution < -0.4 is 0 Å². The number of thioether (sulfide) groups is 1. The van der Waals surface area contributed by atoms with Gasteiger partial charge in [0.05, 0.1) is 17.2 Å². The summed E-state index contributed by atoms with van der Waals surface area (Å²) < 4.78 is -0.210. The van der Waals surface area contributed by atoms with Gasteiger partial charge in [-0.25, -0.2) is 0 Å². The van der Waals surface area contributed by atoms with Crippen LogP contribution in [0.15, 0.2) is 0 Å². The molecule has 1 aliphatic heterocycles. The van der Waals surface area contributed by atoms with Crippen LogP contribution in [0.3, 0.4) is 0 Å². The van der Waals surface area contributed by atoms with Gasteiger partial charge in [0, 0.05) is 12.6 Å². The lowest BCUT2D eigenvalue weighted by Gasteiger charge is -2.30. The molecule has 88 valence electrons. The first kappa shape index (κ1) is 11.8. The molecule has 1 saturated carbocycles. The monoisotopic (exact) mass is 238 g/mol. The summed E-state index contributed by atoms with van der Waals surface area (Å²) in [5, 5.41) is 8.64. The molecule has 1 amide bonds. The molecule has 1 heterocycles. The second-order valence-electron chi connectivity index (χ2n) is 4.82. The molecule has 16 heavy (non-hydrogen) atoms. The Labute approximate surface area is 101 Å². The molecule has 0 aromatic rings. The van der Waals surface area contributed by atoms with Crippen molar-refractivity contribution in [2.75, 3.05) is 12.3 Å². The first-order chi connectivity index (χ1) is 7.67. The fourth-order valence-corrected chi connectivity index (χ4v) is 3.53. The van der Waals surface area contributed by atoms with Gasteiger partial charge < -0.3 is 4.90 Å². The van der Waals surface area contributed by atoms with Crippen LogP contribution in [-0.2, 0) is 4.79 Å². The van der Waals surface area contributed by atoms with Gasteiger partial charge in [-0.1, -0.05) is 0 Å². The third kappa shape index (κ3) is 2.35. The summed E-state index contributed by atoms with van der Waals surface area (Å²) in [7, 11) is 0. The van der Waals surface area contributed by atoms with Crippen LogP contribution in [0.5, 0.6) is 0 Å². The van der Waals surface area contributed by atoms with E-state index in [1.165, 1.54) is 0 Å². The van der Waals surface area contributed by atoms with Gasteiger partial charge in [-0.3, -0.25) is 4.79 Å². The van der Waals surface area contributed by atoms with Crippen LogP contribution in [0, 0.1) is 11.3 Å². The van der Waals surface area contributed by atoms with E-state index in [1.54, 1.807) is 11.8 Å². The fourth-order valence-electron chi connectivity index (χ4n) is 2.26. The van der Waals surface area contributed by atoms with E-state index < -0.39 is 0 Å². The summed E-state index contributed by atoms with van der Waals surface area (Å²) in [5.74, 6) is 1.37. The van der Waals surface area contributed by atoms with Crippen molar-refractivity contribution < 1.29 is 4.79 Å². The minimum Gasteiger partial charge on any atom is -0.337 e. The maximum absolute atomic E-state index is 12.5. The molecule has 1 aliphatic carbocycles. The van der Waals surface area contributed by atoms with Gasteiger partial charge in [0.25, 0.3) is 0 Å². The third-order valence-corrected chi connectivity index (χ3v) is 4.89. The largest absolute Gasteiger partial charge is 0.337 e. The van der Waals surface area contributed by atoms with E-state index in [9.17, 15) is 4.79 Å². The van der Waals surface area contributed by atoms with Gasteiger partial charge in [0.1, 0.15) is 0 Å². The van der Waals surface area contributed by atoms with Crippen molar-refractivity contribution in [1.29, 1.82) is 5.26 Å². The highest BCUT2D eigenvalue weighted by atomic mass is 32.2. The van der Waals surface area contributed by atoms with E-state index in [0.717, 1.165) is 31.4 Å². The Balaban J connectivity index is 2.01. The van der Waals surface area contributed by atoms with Crippen LogP contribution >= 0.6 is 11.8 Å². The minimum atomic E-state index is -0.210. The molecular weight excluding hydrogens is 220 g/mol. The second kappa shape index (κ2) is 4.67. The summed E-state index contributed by atoms with van der Waals surface area (Å²) >= 11 is 1.79. The van der Waals surface area contributed by atoms with Crippen LogP contribution in [0.1, 0.15) is 39.0 Å². The number of hydrogen-bond donors (Lipinski definition) is 0. The SMILES string of the molecule is CC1(C(=O)N(CCC#N)C2CC2)CCCS1.